The van der Waals surface area contributed by atoms with Crippen molar-refractivity contribution in [3.63, 3.8) is 0 Å². The van der Waals surface area contributed by atoms with Gasteiger partial charge in [0.15, 0.2) is 6.61 Å². The van der Waals surface area contributed by atoms with Crippen LogP contribution in [0.3, 0.4) is 0 Å². The van der Waals surface area contributed by atoms with Gasteiger partial charge in [-0.1, -0.05) is 30.3 Å². The first-order valence-electron chi connectivity index (χ1n) is 9.71. The number of carbonyl (C=O) groups is 2. The average Bonchev–Trinajstić information content (AvgIpc) is 2.74. The van der Waals surface area contributed by atoms with Gasteiger partial charge in [0.1, 0.15) is 5.75 Å². The molecule has 4 N–H and O–H groups in total. The number of primary amides is 1. The zero-order valence-electron chi connectivity index (χ0n) is 17.4. The van der Waals surface area contributed by atoms with E-state index in [0.717, 1.165) is 5.56 Å². The summed E-state index contributed by atoms with van der Waals surface area (Å²) in [6.07, 6.45) is 0.128. The van der Waals surface area contributed by atoms with Crippen molar-refractivity contribution in [3.8, 4) is 5.75 Å². The van der Waals surface area contributed by atoms with E-state index in [9.17, 15) is 18.0 Å². The summed E-state index contributed by atoms with van der Waals surface area (Å²) in [5.41, 5.74) is 7.49. The van der Waals surface area contributed by atoms with Crippen LogP contribution in [-0.2, 0) is 26.0 Å². The molecular weight excluding hydrogens is 430 g/mol. The van der Waals surface area contributed by atoms with Gasteiger partial charge < -0.3 is 15.8 Å². The molecule has 0 aliphatic rings. The van der Waals surface area contributed by atoms with Crippen LogP contribution in [0.1, 0.15) is 11.1 Å². The summed E-state index contributed by atoms with van der Waals surface area (Å²) in [5.74, 6) is -0.412. The number of sulfonamides is 1. The Labute approximate surface area is 186 Å². The van der Waals surface area contributed by atoms with Crippen molar-refractivity contribution in [3.05, 3.63) is 83.9 Å². The normalized spacial score (nSPS) is 10.9. The highest BCUT2D eigenvalue weighted by Gasteiger charge is 2.16. The van der Waals surface area contributed by atoms with Crippen molar-refractivity contribution < 1.29 is 22.7 Å². The van der Waals surface area contributed by atoms with Crippen molar-refractivity contribution in [2.45, 2.75) is 18.2 Å². The molecule has 0 unspecified atom stereocenters. The molecule has 0 aliphatic heterocycles. The molecule has 0 fully saturated rings. The lowest BCUT2D eigenvalue weighted by Gasteiger charge is -2.12. The smallest absolute Gasteiger partial charge is 0.262 e. The Morgan fingerprint density at radius 1 is 0.938 bits per heavy atom. The van der Waals surface area contributed by atoms with E-state index in [0.29, 0.717) is 22.7 Å². The largest absolute Gasteiger partial charge is 0.483 e. The highest BCUT2D eigenvalue weighted by molar-refractivity contribution is 7.92. The number of anilines is 2. The van der Waals surface area contributed by atoms with Gasteiger partial charge in [-0.25, -0.2) is 8.42 Å². The monoisotopic (exact) mass is 453 g/mol. The number of rotatable bonds is 9. The topological polar surface area (TPSA) is 128 Å². The summed E-state index contributed by atoms with van der Waals surface area (Å²) in [7, 11) is -3.75. The van der Waals surface area contributed by atoms with Gasteiger partial charge in [0, 0.05) is 11.4 Å². The zero-order valence-corrected chi connectivity index (χ0v) is 18.2. The molecule has 3 rings (SSSR count). The van der Waals surface area contributed by atoms with Crippen LogP contribution in [0, 0.1) is 6.92 Å². The second-order valence-electron chi connectivity index (χ2n) is 7.08. The van der Waals surface area contributed by atoms with Gasteiger partial charge in [-0.2, -0.15) is 0 Å². The van der Waals surface area contributed by atoms with E-state index in [1.54, 1.807) is 61.5 Å². The minimum atomic E-state index is -3.75. The second-order valence-corrected chi connectivity index (χ2v) is 8.76. The summed E-state index contributed by atoms with van der Waals surface area (Å²) >= 11 is 0. The number of para-hydroxylation sites is 1. The predicted octanol–water partition coefficient (Wildman–Crippen LogP) is 2.84. The van der Waals surface area contributed by atoms with Crippen LogP contribution in [0.2, 0.25) is 0 Å². The third-order valence-corrected chi connectivity index (χ3v) is 5.84. The summed E-state index contributed by atoms with van der Waals surface area (Å²) in [5, 5.41) is 2.69. The predicted molar refractivity (Wildman–Crippen MR) is 122 cm³/mol. The first kappa shape index (κ1) is 22.8. The van der Waals surface area contributed by atoms with Crippen LogP contribution in [0.4, 0.5) is 11.4 Å². The quantitative estimate of drug-likeness (QED) is 0.459. The molecule has 2 amide bonds. The average molecular weight is 454 g/mol. The molecule has 9 heteroatoms. The van der Waals surface area contributed by atoms with Crippen molar-refractivity contribution in [2.24, 2.45) is 5.73 Å². The summed E-state index contributed by atoms with van der Waals surface area (Å²) < 4.78 is 33.2. The molecule has 0 saturated heterocycles. The van der Waals surface area contributed by atoms with E-state index < -0.39 is 15.9 Å². The number of benzene rings is 3. The van der Waals surface area contributed by atoms with E-state index in [-0.39, 0.29) is 23.8 Å². The van der Waals surface area contributed by atoms with Gasteiger partial charge in [-0.3, -0.25) is 14.3 Å². The van der Waals surface area contributed by atoms with Crippen LogP contribution in [0.5, 0.6) is 5.75 Å². The number of ether oxygens (including phenoxy) is 1. The maximum Gasteiger partial charge on any atom is 0.262 e. The molecule has 0 saturated carbocycles. The maximum absolute atomic E-state index is 12.6. The molecule has 0 atom stereocenters. The maximum atomic E-state index is 12.6. The Morgan fingerprint density at radius 2 is 1.62 bits per heavy atom. The highest BCUT2D eigenvalue weighted by atomic mass is 32.2. The number of nitrogens with one attached hydrogen (secondary N) is 2. The van der Waals surface area contributed by atoms with Crippen LogP contribution in [0.25, 0.3) is 0 Å². The summed E-state index contributed by atoms with van der Waals surface area (Å²) in [4.78, 5) is 23.2. The lowest BCUT2D eigenvalue weighted by Crippen LogP contribution is -2.20. The molecule has 32 heavy (non-hydrogen) atoms. The van der Waals surface area contributed by atoms with Crippen LogP contribution in [-0.4, -0.2) is 26.8 Å². The minimum Gasteiger partial charge on any atom is -0.483 e. The number of aryl methyl sites for hydroxylation is 1. The fourth-order valence-electron chi connectivity index (χ4n) is 2.92. The van der Waals surface area contributed by atoms with Crippen LogP contribution in [0.15, 0.2) is 77.7 Å². The molecule has 0 aliphatic carbocycles. The standard InChI is InChI=1S/C23H23N3O5S/c1-16-13-20(32(29,30)26-19-5-3-2-4-6-19)11-12-21(16)31-15-23(28)25-18-9-7-17(8-10-18)14-22(24)27/h2-13,26H,14-15H2,1H3,(H2,24,27)(H,25,28). The van der Waals surface area contributed by atoms with Crippen molar-refractivity contribution in [1.29, 1.82) is 0 Å². The molecule has 0 aromatic heterocycles. The summed E-state index contributed by atoms with van der Waals surface area (Å²) in [6, 6.07) is 19.7. The van der Waals surface area contributed by atoms with E-state index in [2.05, 4.69) is 10.0 Å². The molecular formula is C23H23N3O5S. The molecule has 3 aromatic rings. The van der Waals surface area contributed by atoms with Gasteiger partial charge in [0.25, 0.3) is 15.9 Å². The van der Waals surface area contributed by atoms with Gasteiger partial charge in [0.05, 0.1) is 11.3 Å². The Kier molecular flexibility index (Phi) is 7.11. The number of hydrogen-bond acceptors (Lipinski definition) is 5. The Morgan fingerprint density at radius 3 is 2.25 bits per heavy atom. The Balaban J connectivity index is 1.58. The lowest BCUT2D eigenvalue weighted by atomic mass is 10.1. The van der Waals surface area contributed by atoms with Gasteiger partial charge >= 0.3 is 0 Å². The first-order valence-corrected chi connectivity index (χ1v) is 11.2. The first-order chi connectivity index (χ1) is 15.2. The van der Waals surface area contributed by atoms with E-state index in [4.69, 9.17) is 10.5 Å². The lowest BCUT2D eigenvalue weighted by molar-refractivity contribution is -0.118. The van der Waals surface area contributed by atoms with E-state index in [1.165, 1.54) is 18.2 Å². The highest BCUT2D eigenvalue weighted by Crippen LogP contribution is 2.23. The van der Waals surface area contributed by atoms with Gasteiger partial charge in [0.2, 0.25) is 5.91 Å². The number of nitrogens with two attached hydrogens (primary N) is 1. The molecule has 3 aromatic carbocycles. The van der Waals surface area contributed by atoms with Crippen LogP contribution < -0.4 is 20.5 Å². The summed E-state index contributed by atoms with van der Waals surface area (Å²) in [6.45, 7) is 1.45. The molecule has 0 heterocycles. The SMILES string of the molecule is Cc1cc(S(=O)(=O)Nc2ccccc2)ccc1OCC(=O)Nc1ccc(CC(N)=O)cc1. The molecule has 0 bridgehead atoms. The van der Waals surface area contributed by atoms with Gasteiger partial charge in [-0.05, 0) is 60.5 Å². The number of amides is 2. The number of carbonyl (C=O) groups excluding carboxylic acids is 2. The van der Waals surface area contributed by atoms with E-state index in [1.807, 2.05) is 0 Å². The molecule has 0 spiro atoms. The van der Waals surface area contributed by atoms with Gasteiger partial charge in [-0.15, -0.1) is 0 Å². The molecule has 0 radical (unpaired) electrons. The third kappa shape index (κ3) is 6.32. The molecule has 8 nitrogen and oxygen atoms in total. The number of hydrogen-bond donors (Lipinski definition) is 3. The fourth-order valence-corrected chi connectivity index (χ4v) is 4.06. The third-order valence-electron chi connectivity index (χ3n) is 4.46. The van der Waals surface area contributed by atoms with Crippen molar-refractivity contribution in [2.75, 3.05) is 16.6 Å². The minimum absolute atomic E-state index is 0.0895. The fraction of sp³-hybridized carbons (Fsp3) is 0.130. The van der Waals surface area contributed by atoms with Crippen LogP contribution >= 0.6 is 0 Å². The van der Waals surface area contributed by atoms with E-state index >= 15 is 0 Å². The zero-order chi connectivity index (χ0) is 23.1. The van der Waals surface area contributed by atoms with Crippen molar-refractivity contribution >= 4 is 33.2 Å². The van der Waals surface area contributed by atoms with Crippen molar-refractivity contribution in [1.82, 2.24) is 0 Å². The Bertz CT molecular complexity index is 1210. The second kappa shape index (κ2) is 9.97. The Hall–Kier alpha value is -3.85. The molecule has 166 valence electrons.